The Morgan fingerprint density at radius 3 is 2.74 bits per heavy atom. The normalized spacial score (nSPS) is 17.2. The minimum Gasteiger partial charge on any atom is -0.496 e. The predicted octanol–water partition coefficient (Wildman–Crippen LogP) is 3.27. The van der Waals surface area contributed by atoms with Gasteiger partial charge in [-0.2, -0.15) is 0 Å². The van der Waals surface area contributed by atoms with Crippen LogP contribution in [0.3, 0.4) is 0 Å². The number of hydrogen-bond donors (Lipinski definition) is 1. The Bertz CT molecular complexity index is 473. The maximum absolute atomic E-state index is 13.8. The second-order valence-electron chi connectivity index (χ2n) is 4.89. The molecule has 0 unspecified atom stereocenters. The number of carbonyl (C=O) groups excluding carboxylic acids is 1. The summed E-state index contributed by atoms with van der Waals surface area (Å²) in [6.07, 6.45) is 4.00. The highest BCUT2D eigenvalue weighted by atomic mass is 79.9. The van der Waals surface area contributed by atoms with E-state index in [1.165, 1.54) is 19.2 Å². The molecule has 1 N–H and O–H groups in total. The number of hydrogen-bond acceptors (Lipinski definition) is 2. The number of halogens is 2. The van der Waals surface area contributed by atoms with Crippen LogP contribution in [0.5, 0.6) is 5.75 Å². The van der Waals surface area contributed by atoms with E-state index in [1.807, 2.05) is 0 Å². The molecule has 2 rings (SSSR count). The van der Waals surface area contributed by atoms with Gasteiger partial charge < -0.3 is 10.1 Å². The molecule has 1 aliphatic rings. The molecule has 0 aromatic heterocycles. The van der Waals surface area contributed by atoms with Crippen molar-refractivity contribution in [3.05, 3.63) is 29.6 Å². The van der Waals surface area contributed by atoms with Gasteiger partial charge in [-0.05, 0) is 25.0 Å². The van der Waals surface area contributed by atoms with Crippen LogP contribution >= 0.6 is 15.9 Å². The molecule has 0 atom stereocenters. The van der Waals surface area contributed by atoms with E-state index in [1.54, 1.807) is 6.07 Å². The summed E-state index contributed by atoms with van der Waals surface area (Å²) in [6.45, 7) is 0. The summed E-state index contributed by atoms with van der Waals surface area (Å²) in [5, 5.41) is 3.65. The van der Waals surface area contributed by atoms with Crippen LogP contribution in [0.15, 0.2) is 18.2 Å². The van der Waals surface area contributed by atoms with E-state index in [2.05, 4.69) is 21.2 Å². The number of carbonyl (C=O) groups is 1. The number of rotatable bonds is 4. The summed E-state index contributed by atoms with van der Waals surface area (Å²) in [7, 11) is 1.43. The van der Waals surface area contributed by atoms with E-state index in [0.717, 1.165) is 25.7 Å². The van der Waals surface area contributed by atoms with Crippen molar-refractivity contribution < 1.29 is 13.9 Å². The fourth-order valence-corrected chi connectivity index (χ4v) is 3.24. The van der Waals surface area contributed by atoms with E-state index in [4.69, 9.17) is 4.74 Å². The van der Waals surface area contributed by atoms with E-state index < -0.39 is 11.7 Å². The van der Waals surface area contributed by atoms with Crippen molar-refractivity contribution >= 4 is 21.8 Å². The minimum atomic E-state index is -0.556. The molecule has 3 nitrogen and oxygen atoms in total. The summed E-state index contributed by atoms with van der Waals surface area (Å²) in [5.41, 5.74) is -0.276. The van der Waals surface area contributed by atoms with Crippen LogP contribution in [-0.2, 0) is 0 Å². The standard InChI is InChI=1S/C14H17BrFNO2/c1-19-11-6-4-5-10(16)12(11)13(18)17-14(9-15)7-2-3-8-14/h4-6H,2-3,7-9H2,1H3,(H,17,18). The molecule has 1 amide bonds. The number of ether oxygens (including phenoxy) is 1. The largest absolute Gasteiger partial charge is 0.496 e. The Balaban J connectivity index is 2.25. The van der Waals surface area contributed by atoms with Gasteiger partial charge in [0.15, 0.2) is 0 Å². The zero-order chi connectivity index (χ0) is 13.9. The van der Waals surface area contributed by atoms with Crippen LogP contribution in [0.2, 0.25) is 0 Å². The van der Waals surface area contributed by atoms with Crippen LogP contribution in [-0.4, -0.2) is 23.9 Å². The highest BCUT2D eigenvalue weighted by Gasteiger charge is 2.35. The fraction of sp³-hybridized carbons (Fsp3) is 0.500. The Kier molecular flexibility index (Phi) is 4.45. The maximum atomic E-state index is 13.8. The van der Waals surface area contributed by atoms with Gasteiger partial charge in [0, 0.05) is 5.33 Å². The molecule has 5 heteroatoms. The molecule has 1 saturated carbocycles. The SMILES string of the molecule is COc1cccc(F)c1C(=O)NC1(CBr)CCCC1. The van der Waals surface area contributed by atoms with Gasteiger partial charge in [-0.3, -0.25) is 4.79 Å². The van der Waals surface area contributed by atoms with E-state index in [0.29, 0.717) is 5.33 Å². The number of amides is 1. The van der Waals surface area contributed by atoms with Crippen molar-refractivity contribution in [2.45, 2.75) is 31.2 Å². The predicted molar refractivity (Wildman–Crippen MR) is 75.4 cm³/mol. The first-order chi connectivity index (χ1) is 9.12. The average Bonchev–Trinajstić information content (AvgIpc) is 2.87. The van der Waals surface area contributed by atoms with Crippen molar-refractivity contribution in [1.82, 2.24) is 5.32 Å². The monoisotopic (exact) mass is 329 g/mol. The molecule has 0 radical (unpaired) electrons. The van der Waals surface area contributed by atoms with Gasteiger partial charge >= 0.3 is 0 Å². The Morgan fingerprint density at radius 1 is 1.47 bits per heavy atom. The first kappa shape index (κ1) is 14.3. The number of methoxy groups -OCH3 is 1. The average molecular weight is 330 g/mol. The van der Waals surface area contributed by atoms with Gasteiger partial charge in [0.25, 0.3) is 5.91 Å². The third-order valence-electron chi connectivity index (χ3n) is 3.62. The summed E-state index contributed by atoms with van der Waals surface area (Å²) in [4.78, 5) is 12.3. The summed E-state index contributed by atoms with van der Waals surface area (Å²) in [5.74, 6) is -0.698. The fourth-order valence-electron chi connectivity index (χ4n) is 2.54. The molecule has 0 saturated heterocycles. The van der Waals surface area contributed by atoms with Gasteiger partial charge in [-0.25, -0.2) is 4.39 Å². The van der Waals surface area contributed by atoms with E-state index in [-0.39, 0.29) is 16.9 Å². The summed E-state index contributed by atoms with van der Waals surface area (Å²) < 4.78 is 18.9. The number of alkyl halides is 1. The molecule has 104 valence electrons. The Hall–Kier alpha value is -1.10. The Morgan fingerprint density at radius 2 is 2.16 bits per heavy atom. The topological polar surface area (TPSA) is 38.3 Å². The lowest BCUT2D eigenvalue weighted by Gasteiger charge is -2.28. The zero-order valence-electron chi connectivity index (χ0n) is 10.8. The second-order valence-corrected chi connectivity index (χ2v) is 5.45. The molecule has 19 heavy (non-hydrogen) atoms. The molecule has 1 aliphatic carbocycles. The van der Waals surface area contributed by atoms with Crippen molar-refractivity contribution in [2.24, 2.45) is 0 Å². The lowest BCUT2D eigenvalue weighted by molar-refractivity contribution is 0.0903. The van der Waals surface area contributed by atoms with Crippen LogP contribution in [0.1, 0.15) is 36.0 Å². The summed E-state index contributed by atoms with van der Waals surface area (Å²) >= 11 is 3.45. The van der Waals surface area contributed by atoms with Crippen LogP contribution in [0.25, 0.3) is 0 Å². The molecule has 1 aromatic carbocycles. The zero-order valence-corrected chi connectivity index (χ0v) is 12.4. The summed E-state index contributed by atoms with van der Waals surface area (Å²) in [6, 6.07) is 4.39. The highest BCUT2D eigenvalue weighted by Crippen LogP contribution is 2.32. The third-order valence-corrected chi connectivity index (χ3v) is 4.69. The van der Waals surface area contributed by atoms with Gasteiger partial charge in [0.05, 0.1) is 12.6 Å². The molecular formula is C14H17BrFNO2. The van der Waals surface area contributed by atoms with E-state index in [9.17, 15) is 9.18 Å². The van der Waals surface area contributed by atoms with Gasteiger partial charge in [-0.1, -0.05) is 34.8 Å². The van der Waals surface area contributed by atoms with E-state index >= 15 is 0 Å². The highest BCUT2D eigenvalue weighted by molar-refractivity contribution is 9.09. The lowest BCUT2D eigenvalue weighted by Crippen LogP contribution is -2.48. The molecular weight excluding hydrogens is 313 g/mol. The van der Waals surface area contributed by atoms with Gasteiger partial charge in [0.1, 0.15) is 17.1 Å². The third kappa shape index (κ3) is 2.91. The lowest BCUT2D eigenvalue weighted by atomic mass is 9.99. The molecule has 0 aliphatic heterocycles. The number of nitrogens with one attached hydrogen (secondary N) is 1. The smallest absolute Gasteiger partial charge is 0.258 e. The maximum Gasteiger partial charge on any atom is 0.258 e. The quantitative estimate of drug-likeness (QED) is 0.861. The molecule has 0 heterocycles. The number of benzene rings is 1. The molecule has 1 aromatic rings. The van der Waals surface area contributed by atoms with Crippen molar-refractivity contribution in [2.75, 3.05) is 12.4 Å². The van der Waals surface area contributed by atoms with Gasteiger partial charge in [-0.15, -0.1) is 0 Å². The first-order valence-corrected chi connectivity index (χ1v) is 7.45. The second kappa shape index (κ2) is 5.90. The van der Waals surface area contributed by atoms with Gasteiger partial charge in [0.2, 0.25) is 0 Å². The van der Waals surface area contributed by atoms with Crippen LogP contribution in [0.4, 0.5) is 4.39 Å². The van der Waals surface area contributed by atoms with Crippen molar-refractivity contribution in [1.29, 1.82) is 0 Å². The molecule has 0 bridgehead atoms. The minimum absolute atomic E-state index is 0.0165. The Labute approximate surface area is 120 Å². The first-order valence-electron chi connectivity index (χ1n) is 6.33. The van der Waals surface area contributed by atoms with Crippen LogP contribution in [0, 0.1) is 5.82 Å². The molecule has 0 spiro atoms. The van der Waals surface area contributed by atoms with Crippen LogP contribution < -0.4 is 10.1 Å². The molecule has 1 fully saturated rings. The van der Waals surface area contributed by atoms with Crippen molar-refractivity contribution in [3.8, 4) is 5.75 Å². The van der Waals surface area contributed by atoms with Crippen molar-refractivity contribution in [3.63, 3.8) is 0 Å².